The Morgan fingerprint density at radius 3 is 2.59 bits per heavy atom. The number of anilines is 2. The number of thiocarbonyl (C=S) groups is 1. The van der Waals surface area contributed by atoms with Crippen LogP contribution in [0.3, 0.4) is 0 Å². The predicted octanol–water partition coefficient (Wildman–Crippen LogP) is 4.88. The zero-order chi connectivity index (χ0) is 20.1. The highest BCUT2D eigenvalue weighted by Crippen LogP contribution is 2.29. The Balaban J connectivity index is 1.55. The van der Waals surface area contributed by atoms with E-state index >= 15 is 0 Å². The number of hydrogen-bond donors (Lipinski definition) is 2. The molecule has 0 spiro atoms. The first-order chi connectivity index (χ1) is 14.2. The molecule has 1 saturated heterocycles. The Bertz CT molecular complexity index is 825. The molecule has 0 amide bonds. The molecule has 29 heavy (non-hydrogen) atoms. The van der Waals surface area contributed by atoms with Crippen molar-refractivity contribution >= 4 is 29.1 Å². The van der Waals surface area contributed by atoms with Gasteiger partial charge in [-0.1, -0.05) is 31.0 Å². The van der Waals surface area contributed by atoms with Crippen LogP contribution in [-0.2, 0) is 0 Å². The van der Waals surface area contributed by atoms with Gasteiger partial charge in [0.05, 0.1) is 0 Å². The summed E-state index contributed by atoms with van der Waals surface area (Å²) in [4.78, 5) is 11.7. The fourth-order valence-corrected chi connectivity index (χ4v) is 4.37. The zero-order valence-electron chi connectivity index (χ0n) is 16.9. The van der Waals surface area contributed by atoms with Crippen LogP contribution in [0.1, 0.15) is 51.9 Å². The van der Waals surface area contributed by atoms with E-state index in [1.54, 1.807) is 0 Å². The van der Waals surface area contributed by atoms with Crippen LogP contribution < -0.4 is 20.3 Å². The third kappa shape index (κ3) is 5.35. The fraction of sp³-hybridized carbons (Fsp3) is 0.500. The van der Waals surface area contributed by atoms with E-state index in [0.717, 1.165) is 31.0 Å². The van der Waals surface area contributed by atoms with Gasteiger partial charge in [0.25, 0.3) is 0 Å². The Labute approximate surface area is 178 Å². The van der Waals surface area contributed by atoms with E-state index in [9.17, 15) is 0 Å². The standard InChI is InChI=1S/C22H29N5OS/c1-16-9-7-8-14-27(16)19-15-20(28-18-12-3-2-4-13-18)25-21(24-19)26-22(29)23-17-10-5-6-11-17/h2-4,12-13,15-17H,5-11,14H2,1H3,(H2,23,24,25,26,29)/t16-/m1/s1. The number of nitrogens with one attached hydrogen (secondary N) is 2. The van der Waals surface area contributed by atoms with Crippen LogP contribution in [0.15, 0.2) is 36.4 Å². The highest BCUT2D eigenvalue weighted by Gasteiger charge is 2.22. The molecule has 2 fully saturated rings. The molecule has 1 aliphatic heterocycles. The van der Waals surface area contributed by atoms with Gasteiger partial charge in [0.15, 0.2) is 5.11 Å². The van der Waals surface area contributed by atoms with Crippen molar-refractivity contribution in [2.45, 2.75) is 64.0 Å². The number of aromatic nitrogens is 2. The first kappa shape index (κ1) is 19.9. The van der Waals surface area contributed by atoms with Gasteiger partial charge in [-0.25, -0.2) is 0 Å². The van der Waals surface area contributed by atoms with Crippen molar-refractivity contribution in [3.05, 3.63) is 36.4 Å². The summed E-state index contributed by atoms with van der Waals surface area (Å²) in [5, 5.41) is 7.15. The highest BCUT2D eigenvalue weighted by molar-refractivity contribution is 7.80. The first-order valence-electron chi connectivity index (χ1n) is 10.6. The lowest BCUT2D eigenvalue weighted by Gasteiger charge is -2.34. The zero-order valence-corrected chi connectivity index (χ0v) is 17.8. The number of para-hydroxylation sites is 1. The van der Waals surface area contributed by atoms with Gasteiger partial charge in [-0.05, 0) is 63.4 Å². The van der Waals surface area contributed by atoms with Gasteiger partial charge in [0.2, 0.25) is 11.8 Å². The third-order valence-corrected chi connectivity index (χ3v) is 5.89. The van der Waals surface area contributed by atoms with Crippen molar-refractivity contribution in [3.8, 4) is 11.6 Å². The molecule has 7 heteroatoms. The average Bonchev–Trinajstić information content (AvgIpc) is 3.22. The Morgan fingerprint density at radius 2 is 1.83 bits per heavy atom. The van der Waals surface area contributed by atoms with E-state index in [1.165, 1.54) is 32.1 Å². The molecular formula is C22H29N5OS. The predicted molar refractivity (Wildman–Crippen MR) is 121 cm³/mol. The molecule has 2 heterocycles. The van der Waals surface area contributed by atoms with Gasteiger partial charge in [-0.3, -0.25) is 0 Å². The summed E-state index contributed by atoms with van der Waals surface area (Å²) in [5.41, 5.74) is 0. The number of piperidine rings is 1. The van der Waals surface area contributed by atoms with Crippen LogP contribution >= 0.6 is 12.2 Å². The minimum absolute atomic E-state index is 0.444. The summed E-state index contributed by atoms with van der Waals surface area (Å²) in [6, 6.07) is 12.5. The molecule has 1 atom stereocenters. The van der Waals surface area contributed by atoms with Crippen molar-refractivity contribution in [2.24, 2.45) is 0 Å². The lowest BCUT2D eigenvalue weighted by Crippen LogP contribution is -2.39. The largest absolute Gasteiger partial charge is 0.439 e. The maximum Gasteiger partial charge on any atom is 0.234 e. The molecular weight excluding hydrogens is 382 g/mol. The molecule has 2 N–H and O–H groups in total. The molecule has 2 aliphatic rings. The molecule has 0 radical (unpaired) electrons. The summed E-state index contributed by atoms with van der Waals surface area (Å²) in [5.74, 6) is 2.62. The molecule has 1 aromatic heterocycles. The fourth-order valence-electron chi connectivity index (χ4n) is 4.11. The number of hydrogen-bond acceptors (Lipinski definition) is 5. The van der Waals surface area contributed by atoms with E-state index in [-0.39, 0.29) is 0 Å². The maximum atomic E-state index is 6.02. The second kappa shape index (κ2) is 9.39. The van der Waals surface area contributed by atoms with Crippen molar-refractivity contribution in [1.29, 1.82) is 0 Å². The van der Waals surface area contributed by atoms with Gasteiger partial charge in [-0.15, -0.1) is 0 Å². The quantitative estimate of drug-likeness (QED) is 0.680. The van der Waals surface area contributed by atoms with E-state index in [0.29, 0.717) is 29.0 Å². The van der Waals surface area contributed by atoms with Crippen molar-refractivity contribution in [3.63, 3.8) is 0 Å². The second-order valence-electron chi connectivity index (χ2n) is 7.92. The molecule has 6 nitrogen and oxygen atoms in total. The molecule has 1 aromatic carbocycles. The van der Waals surface area contributed by atoms with E-state index in [1.807, 2.05) is 36.4 Å². The Kier molecular flexibility index (Phi) is 6.44. The number of ether oxygens (including phenoxy) is 1. The average molecular weight is 412 g/mol. The van der Waals surface area contributed by atoms with Crippen molar-refractivity contribution < 1.29 is 4.74 Å². The smallest absolute Gasteiger partial charge is 0.234 e. The molecule has 154 valence electrons. The van der Waals surface area contributed by atoms with E-state index in [2.05, 4.69) is 27.4 Å². The Morgan fingerprint density at radius 1 is 1.07 bits per heavy atom. The summed E-state index contributed by atoms with van der Waals surface area (Å²) in [7, 11) is 0. The molecule has 0 unspecified atom stereocenters. The highest BCUT2D eigenvalue weighted by atomic mass is 32.1. The lowest BCUT2D eigenvalue weighted by molar-refractivity contribution is 0.457. The van der Waals surface area contributed by atoms with Gasteiger partial charge in [0.1, 0.15) is 11.6 Å². The summed E-state index contributed by atoms with van der Waals surface area (Å²) in [6.07, 6.45) is 8.45. The molecule has 1 saturated carbocycles. The number of rotatable bonds is 5. The third-order valence-electron chi connectivity index (χ3n) is 5.67. The second-order valence-corrected chi connectivity index (χ2v) is 8.33. The van der Waals surface area contributed by atoms with Gasteiger partial charge >= 0.3 is 0 Å². The summed E-state index contributed by atoms with van der Waals surface area (Å²) in [6.45, 7) is 3.24. The molecule has 4 rings (SSSR count). The SMILES string of the molecule is C[C@@H]1CCCCN1c1cc(Oc2ccccc2)nc(NC(=S)NC2CCCC2)n1. The van der Waals surface area contributed by atoms with Gasteiger partial charge < -0.3 is 20.3 Å². The Hall–Kier alpha value is -2.41. The number of nitrogens with zero attached hydrogens (tertiary/aromatic N) is 3. The van der Waals surface area contributed by atoms with Gasteiger partial charge in [0, 0.05) is 24.7 Å². The van der Waals surface area contributed by atoms with Crippen molar-refractivity contribution in [1.82, 2.24) is 15.3 Å². The van der Waals surface area contributed by atoms with Crippen LogP contribution in [0.25, 0.3) is 0 Å². The topological polar surface area (TPSA) is 62.3 Å². The normalized spacial score (nSPS) is 19.8. The lowest BCUT2D eigenvalue weighted by atomic mass is 10.0. The van der Waals surface area contributed by atoms with Gasteiger partial charge in [-0.2, -0.15) is 9.97 Å². The molecule has 0 bridgehead atoms. The number of benzene rings is 1. The first-order valence-corrected chi connectivity index (χ1v) is 11.0. The molecule has 2 aromatic rings. The van der Waals surface area contributed by atoms with Crippen LogP contribution in [0, 0.1) is 0 Å². The van der Waals surface area contributed by atoms with Crippen LogP contribution in [0.5, 0.6) is 11.6 Å². The van der Waals surface area contributed by atoms with Crippen LogP contribution in [0.4, 0.5) is 11.8 Å². The van der Waals surface area contributed by atoms with Crippen molar-refractivity contribution in [2.75, 3.05) is 16.8 Å². The van der Waals surface area contributed by atoms with Crippen LogP contribution in [-0.4, -0.2) is 33.7 Å². The van der Waals surface area contributed by atoms with E-state index < -0.39 is 0 Å². The van der Waals surface area contributed by atoms with E-state index in [4.69, 9.17) is 21.9 Å². The summed E-state index contributed by atoms with van der Waals surface area (Å²) >= 11 is 5.51. The van der Waals surface area contributed by atoms with Crippen LogP contribution in [0.2, 0.25) is 0 Å². The minimum Gasteiger partial charge on any atom is -0.439 e. The summed E-state index contributed by atoms with van der Waals surface area (Å²) < 4.78 is 6.02. The maximum absolute atomic E-state index is 6.02. The minimum atomic E-state index is 0.444. The molecule has 1 aliphatic carbocycles. The monoisotopic (exact) mass is 411 g/mol.